The quantitative estimate of drug-likeness (QED) is 0.898. The van der Waals surface area contributed by atoms with Gasteiger partial charge < -0.3 is 20.3 Å². The lowest BCUT2D eigenvalue weighted by molar-refractivity contribution is 0.104. The number of ether oxygens (including phenoxy) is 1. The third kappa shape index (κ3) is 3.96. The van der Waals surface area contributed by atoms with Crippen LogP contribution in [0.15, 0.2) is 24.3 Å². The molecule has 4 nitrogen and oxygen atoms in total. The Morgan fingerprint density at radius 1 is 1.29 bits per heavy atom. The molecule has 0 amide bonds. The average molecular weight is 289 g/mol. The summed E-state index contributed by atoms with van der Waals surface area (Å²) in [4.78, 5) is 4.83. The van der Waals surface area contributed by atoms with Crippen molar-refractivity contribution in [2.24, 2.45) is 5.73 Å². The summed E-state index contributed by atoms with van der Waals surface area (Å²) in [6.45, 7) is 3.37. The van der Waals surface area contributed by atoms with E-state index in [1.54, 1.807) is 0 Å². The van der Waals surface area contributed by atoms with Gasteiger partial charge in [-0.15, -0.1) is 0 Å². The maximum Gasteiger partial charge on any atom is 0.120 e. The number of hydrogen-bond donors (Lipinski definition) is 1. The van der Waals surface area contributed by atoms with Gasteiger partial charge >= 0.3 is 0 Å². The standard InChI is InChI=1S/C17H27N3O/c1-19-8-9-20(2)14(12-19)11-17(18)13-4-3-5-16(10-13)21-15-6-7-15/h3-5,10,14-15,17H,6-9,11-12,18H2,1-2H3. The molecule has 1 heterocycles. The van der Waals surface area contributed by atoms with E-state index in [1.165, 1.54) is 18.4 Å². The molecule has 1 saturated carbocycles. The van der Waals surface area contributed by atoms with E-state index in [0.29, 0.717) is 12.1 Å². The van der Waals surface area contributed by atoms with Crippen LogP contribution in [-0.4, -0.2) is 55.7 Å². The van der Waals surface area contributed by atoms with E-state index >= 15 is 0 Å². The first-order valence-corrected chi connectivity index (χ1v) is 8.03. The molecule has 1 aromatic carbocycles. The van der Waals surface area contributed by atoms with Crippen LogP contribution in [0.3, 0.4) is 0 Å². The van der Waals surface area contributed by atoms with Crippen molar-refractivity contribution in [3.05, 3.63) is 29.8 Å². The van der Waals surface area contributed by atoms with Gasteiger partial charge in [0.2, 0.25) is 0 Å². The van der Waals surface area contributed by atoms with Crippen molar-refractivity contribution >= 4 is 0 Å². The Balaban J connectivity index is 1.62. The van der Waals surface area contributed by atoms with Gasteiger partial charge in [0.15, 0.2) is 0 Å². The van der Waals surface area contributed by atoms with Crippen LogP contribution in [-0.2, 0) is 0 Å². The summed E-state index contributed by atoms with van der Waals surface area (Å²) in [6.07, 6.45) is 3.81. The highest BCUT2D eigenvalue weighted by Crippen LogP contribution is 2.29. The number of likely N-dealkylation sites (N-methyl/N-ethyl adjacent to an activating group) is 2. The Kier molecular flexibility index (Phi) is 4.48. The van der Waals surface area contributed by atoms with Crippen LogP contribution in [0.1, 0.15) is 30.9 Å². The number of rotatable bonds is 5. The van der Waals surface area contributed by atoms with E-state index in [-0.39, 0.29) is 6.04 Å². The Bertz CT molecular complexity index is 475. The third-order valence-electron chi connectivity index (χ3n) is 4.62. The van der Waals surface area contributed by atoms with Gasteiger partial charge in [-0.3, -0.25) is 0 Å². The lowest BCUT2D eigenvalue weighted by Crippen LogP contribution is -2.50. The number of hydrogen-bond acceptors (Lipinski definition) is 4. The van der Waals surface area contributed by atoms with Crippen molar-refractivity contribution in [2.45, 2.75) is 37.5 Å². The number of nitrogens with zero attached hydrogens (tertiary/aromatic N) is 2. The molecule has 1 aliphatic carbocycles. The van der Waals surface area contributed by atoms with Crippen molar-refractivity contribution < 1.29 is 4.74 Å². The van der Waals surface area contributed by atoms with Gasteiger partial charge in [0.05, 0.1) is 6.10 Å². The van der Waals surface area contributed by atoms with Crippen LogP contribution >= 0.6 is 0 Å². The first-order chi connectivity index (χ1) is 10.1. The Morgan fingerprint density at radius 3 is 2.86 bits per heavy atom. The maximum atomic E-state index is 6.45. The molecule has 0 bridgehead atoms. The predicted octanol–water partition coefficient (Wildman–Crippen LogP) is 1.86. The summed E-state index contributed by atoms with van der Waals surface area (Å²) in [7, 11) is 4.40. The van der Waals surface area contributed by atoms with Gasteiger partial charge in [0.25, 0.3) is 0 Å². The van der Waals surface area contributed by atoms with Crippen LogP contribution in [0.25, 0.3) is 0 Å². The molecule has 2 unspecified atom stereocenters. The van der Waals surface area contributed by atoms with Crippen molar-refractivity contribution in [1.29, 1.82) is 0 Å². The number of piperazine rings is 1. The number of nitrogens with two attached hydrogens (primary N) is 1. The largest absolute Gasteiger partial charge is 0.490 e. The summed E-state index contributed by atoms with van der Waals surface area (Å²) in [5, 5.41) is 0. The van der Waals surface area contributed by atoms with Crippen molar-refractivity contribution in [1.82, 2.24) is 9.80 Å². The van der Waals surface area contributed by atoms with Crippen molar-refractivity contribution in [3.63, 3.8) is 0 Å². The lowest BCUT2D eigenvalue weighted by atomic mass is 9.98. The monoisotopic (exact) mass is 289 g/mol. The normalized spacial score (nSPS) is 25.8. The Labute approximate surface area is 127 Å². The first kappa shape index (κ1) is 14.8. The highest BCUT2D eigenvalue weighted by Gasteiger charge is 2.26. The van der Waals surface area contributed by atoms with E-state index in [1.807, 2.05) is 6.07 Å². The van der Waals surface area contributed by atoms with E-state index in [9.17, 15) is 0 Å². The Morgan fingerprint density at radius 2 is 2.10 bits per heavy atom. The van der Waals surface area contributed by atoms with Crippen molar-refractivity contribution in [3.8, 4) is 5.75 Å². The maximum absolute atomic E-state index is 6.45. The molecule has 2 aliphatic rings. The molecule has 4 heteroatoms. The van der Waals surface area contributed by atoms with Gasteiger partial charge in [-0.25, -0.2) is 0 Å². The molecule has 0 spiro atoms. The molecule has 2 N–H and O–H groups in total. The molecule has 3 rings (SSSR count). The molecular formula is C17H27N3O. The molecule has 2 atom stereocenters. The molecule has 0 radical (unpaired) electrons. The summed E-state index contributed by atoms with van der Waals surface area (Å²) < 4.78 is 5.87. The van der Waals surface area contributed by atoms with Gasteiger partial charge in [-0.1, -0.05) is 12.1 Å². The zero-order valence-electron chi connectivity index (χ0n) is 13.2. The summed E-state index contributed by atoms with van der Waals surface area (Å²) in [5.41, 5.74) is 7.64. The highest BCUT2D eigenvalue weighted by atomic mass is 16.5. The lowest BCUT2D eigenvalue weighted by Gasteiger charge is -2.38. The minimum atomic E-state index is 0.0757. The van der Waals surface area contributed by atoms with Crippen LogP contribution in [0, 0.1) is 0 Å². The van der Waals surface area contributed by atoms with Crippen LogP contribution < -0.4 is 10.5 Å². The second-order valence-corrected chi connectivity index (χ2v) is 6.63. The van der Waals surface area contributed by atoms with Crippen LogP contribution in [0.2, 0.25) is 0 Å². The second kappa shape index (κ2) is 6.34. The van der Waals surface area contributed by atoms with Crippen LogP contribution in [0.5, 0.6) is 5.75 Å². The summed E-state index contributed by atoms with van der Waals surface area (Å²) in [6, 6.07) is 8.95. The van der Waals surface area contributed by atoms with Gasteiger partial charge in [-0.2, -0.15) is 0 Å². The summed E-state index contributed by atoms with van der Waals surface area (Å²) >= 11 is 0. The van der Waals surface area contributed by atoms with Crippen LogP contribution in [0.4, 0.5) is 0 Å². The zero-order valence-corrected chi connectivity index (χ0v) is 13.2. The predicted molar refractivity (Wildman–Crippen MR) is 85.6 cm³/mol. The fourth-order valence-electron chi connectivity index (χ4n) is 2.98. The SMILES string of the molecule is CN1CCN(C)C(CC(N)c2cccc(OC3CC3)c2)C1. The smallest absolute Gasteiger partial charge is 0.120 e. The summed E-state index contributed by atoms with van der Waals surface area (Å²) in [5.74, 6) is 0.972. The molecule has 1 saturated heterocycles. The fraction of sp³-hybridized carbons (Fsp3) is 0.647. The third-order valence-corrected chi connectivity index (χ3v) is 4.62. The Hall–Kier alpha value is -1.10. The molecule has 2 fully saturated rings. The van der Waals surface area contributed by atoms with E-state index in [4.69, 9.17) is 10.5 Å². The topological polar surface area (TPSA) is 41.7 Å². The molecule has 21 heavy (non-hydrogen) atoms. The van der Waals surface area contributed by atoms with E-state index in [0.717, 1.165) is 31.8 Å². The van der Waals surface area contributed by atoms with Gasteiger partial charge in [0, 0.05) is 31.7 Å². The number of benzene rings is 1. The zero-order chi connectivity index (χ0) is 14.8. The minimum Gasteiger partial charge on any atom is -0.490 e. The average Bonchev–Trinajstić information content (AvgIpc) is 3.27. The van der Waals surface area contributed by atoms with Gasteiger partial charge in [0.1, 0.15) is 5.75 Å². The first-order valence-electron chi connectivity index (χ1n) is 8.03. The van der Waals surface area contributed by atoms with Crippen molar-refractivity contribution in [2.75, 3.05) is 33.7 Å². The van der Waals surface area contributed by atoms with Gasteiger partial charge in [-0.05, 0) is 51.1 Å². The van der Waals surface area contributed by atoms with E-state index in [2.05, 4.69) is 42.1 Å². The molecular weight excluding hydrogens is 262 g/mol. The highest BCUT2D eigenvalue weighted by molar-refractivity contribution is 5.31. The molecule has 1 aromatic rings. The second-order valence-electron chi connectivity index (χ2n) is 6.63. The molecule has 116 valence electrons. The van der Waals surface area contributed by atoms with E-state index < -0.39 is 0 Å². The fourth-order valence-corrected chi connectivity index (χ4v) is 2.98. The molecule has 0 aromatic heterocycles. The molecule has 1 aliphatic heterocycles. The minimum absolute atomic E-state index is 0.0757.